The Morgan fingerprint density at radius 3 is 2.26 bits per heavy atom. The number of benzene rings is 2. The van der Waals surface area contributed by atoms with Crippen LogP contribution in [0.2, 0.25) is 10.0 Å². The van der Waals surface area contributed by atoms with Gasteiger partial charge in [-0.1, -0.05) is 47.5 Å². The van der Waals surface area contributed by atoms with Gasteiger partial charge in [0.2, 0.25) is 0 Å². The van der Waals surface area contributed by atoms with Crippen LogP contribution in [0.3, 0.4) is 0 Å². The predicted octanol–water partition coefficient (Wildman–Crippen LogP) is 4.79. The van der Waals surface area contributed by atoms with Crippen molar-refractivity contribution in [3.8, 4) is 5.75 Å². The average Bonchev–Trinajstić information content (AvgIpc) is 2.38. The fourth-order valence-corrected chi connectivity index (χ4v) is 2.96. The third-order valence-electron chi connectivity index (χ3n) is 2.60. The highest BCUT2D eigenvalue weighted by atomic mass is 79.9. The number of ether oxygens (including phenoxy) is 1. The van der Waals surface area contributed by atoms with Gasteiger partial charge >= 0.3 is 0 Å². The lowest BCUT2D eigenvalue weighted by Crippen LogP contribution is -1.99. The summed E-state index contributed by atoms with van der Waals surface area (Å²) in [5.74, 6) is 0.592. The Hall–Kier alpha value is -0.740. The van der Waals surface area contributed by atoms with Crippen molar-refractivity contribution in [3.05, 3.63) is 62.0 Å². The maximum atomic E-state index is 6.09. The first-order valence-corrected chi connectivity index (χ1v) is 7.20. The Bertz CT molecular complexity index is 549. The first-order chi connectivity index (χ1) is 9.10. The van der Waals surface area contributed by atoms with Crippen molar-refractivity contribution in [1.29, 1.82) is 0 Å². The highest BCUT2D eigenvalue weighted by Crippen LogP contribution is 2.36. The van der Waals surface area contributed by atoms with Gasteiger partial charge in [0, 0.05) is 11.6 Å². The number of hydrogen-bond donors (Lipinski definition) is 1. The van der Waals surface area contributed by atoms with Gasteiger partial charge in [0.05, 0.1) is 9.50 Å². The molecule has 0 aliphatic carbocycles. The van der Waals surface area contributed by atoms with Crippen LogP contribution >= 0.6 is 39.1 Å². The fraction of sp³-hybridized carbons (Fsp3) is 0.143. The number of nitrogens with two attached hydrogens (primary N) is 1. The van der Waals surface area contributed by atoms with Crippen LogP contribution < -0.4 is 10.5 Å². The molecule has 0 saturated heterocycles. The Balaban J connectivity index is 2.10. The molecule has 0 unspecified atom stereocenters. The van der Waals surface area contributed by atoms with Gasteiger partial charge in [-0.15, -0.1) is 0 Å². The standard InChI is InChI=1S/C14H12BrCl2NO/c15-12-5-11(16)6-13(17)14(12)19-8-10-3-1-9(7-18)2-4-10/h1-6H,7-8,18H2. The van der Waals surface area contributed by atoms with Gasteiger partial charge in [0.25, 0.3) is 0 Å². The average molecular weight is 361 g/mol. The maximum Gasteiger partial charge on any atom is 0.152 e. The van der Waals surface area contributed by atoms with E-state index < -0.39 is 0 Å². The van der Waals surface area contributed by atoms with Gasteiger partial charge in [0.1, 0.15) is 6.61 Å². The number of rotatable bonds is 4. The zero-order valence-electron chi connectivity index (χ0n) is 10.00. The predicted molar refractivity (Wildman–Crippen MR) is 82.8 cm³/mol. The van der Waals surface area contributed by atoms with E-state index in [1.807, 2.05) is 24.3 Å². The van der Waals surface area contributed by atoms with E-state index in [2.05, 4.69) is 15.9 Å². The normalized spacial score (nSPS) is 10.5. The molecule has 2 N–H and O–H groups in total. The van der Waals surface area contributed by atoms with E-state index in [1.54, 1.807) is 12.1 Å². The van der Waals surface area contributed by atoms with Crippen molar-refractivity contribution in [3.63, 3.8) is 0 Å². The van der Waals surface area contributed by atoms with E-state index in [-0.39, 0.29) is 0 Å². The van der Waals surface area contributed by atoms with Crippen LogP contribution in [-0.2, 0) is 13.2 Å². The number of halogens is 3. The second-order valence-electron chi connectivity index (χ2n) is 4.01. The Morgan fingerprint density at radius 2 is 1.68 bits per heavy atom. The quantitative estimate of drug-likeness (QED) is 0.850. The molecule has 100 valence electrons. The van der Waals surface area contributed by atoms with Crippen molar-refractivity contribution in [2.75, 3.05) is 0 Å². The van der Waals surface area contributed by atoms with Crippen LogP contribution in [0.25, 0.3) is 0 Å². The van der Waals surface area contributed by atoms with Crippen molar-refractivity contribution >= 4 is 39.1 Å². The Morgan fingerprint density at radius 1 is 1.05 bits per heavy atom. The largest absolute Gasteiger partial charge is 0.486 e. The molecule has 0 bridgehead atoms. The summed E-state index contributed by atoms with van der Waals surface area (Å²) < 4.78 is 6.45. The van der Waals surface area contributed by atoms with Gasteiger partial charge in [0.15, 0.2) is 5.75 Å². The monoisotopic (exact) mass is 359 g/mol. The zero-order valence-corrected chi connectivity index (χ0v) is 13.1. The first kappa shape index (κ1) is 14.7. The molecule has 2 rings (SSSR count). The summed E-state index contributed by atoms with van der Waals surface area (Å²) in [5, 5.41) is 1.05. The molecule has 2 nitrogen and oxygen atoms in total. The lowest BCUT2D eigenvalue weighted by molar-refractivity contribution is 0.304. The molecule has 0 spiro atoms. The minimum atomic E-state index is 0.435. The first-order valence-electron chi connectivity index (χ1n) is 5.65. The summed E-state index contributed by atoms with van der Waals surface area (Å²) in [4.78, 5) is 0. The molecule has 0 amide bonds. The van der Waals surface area contributed by atoms with Crippen molar-refractivity contribution in [2.24, 2.45) is 5.73 Å². The van der Waals surface area contributed by atoms with Gasteiger partial charge < -0.3 is 10.5 Å². The van der Waals surface area contributed by atoms with Crippen LogP contribution in [0, 0.1) is 0 Å². The molecule has 0 aromatic heterocycles. The molecule has 5 heteroatoms. The molecule has 0 saturated carbocycles. The van der Waals surface area contributed by atoms with Gasteiger partial charge in [-0.3, -0.25) is 0 Å². The van der Waals surface area contributed by atoms with Crippen LogP contribution in [0.1, 0.15) is 11.1 Å². The fourth-order valence-electron chi connectivity index (χ4n) is 1.59. The third-order valence-corrected chi connectivity index (χ3v) is 3.69. The second kappa shape index (κ2) is 6.62. The zero-order chi connectivity index (χ0) is 13.8. The molecular weight excluding hydrogens is 349 g/mol. The molecule has 0 heterocycles. The van der Waals surface area contributed by atoms with Crippen LogP contribution in [0.4, 0.5) is 0 Å². The summed E-state index contributed by atoms with van der Waals surface area (Å²) >= 11 is 15.4. The van der Waals surface area contributed by atoms with Crippen molar-refractivity contribution in [1.82, 2.24) is 0 Å². The number of hydrogen-bond acceptors (Lipinski definition) is 2. The molecule has 0 radical (unpaired) electrons. The lowest BCUT2D eigenvalue weighted by atomic mass is 10.1. The van der Waals surface area contributed by atoms with Crippen LogP contribution in [0.15, 0.2) is 40.9 Å². The van der Waals surface area contributed by atoms with E-state index in [0.29, 0.717) is 28.9 Å². The Kier molecular flexibility index (Phi) is 5.11. The van der Waals surface area contributed by atoms with Crippen molar-refractivity contribution in [2.45, 2.75) is 13.2 Å². The summed E-state index contributed by atoms with van der Waals surface area (Å²) in [6, 6.07) is 11.3. The third kappa shape index (κ3) is 3.86. The van der Waals surface area contributed by atoms with Crippen LogP contribution in [0.5, 0.6) is 5.75 Å². The molecule has 19 heavy (non-hydrogen) atoms. The van der Waals surface area contributed by atoms with E-state index in [1.165, 1.54) is 0 Å². The highest BCUT2D eigenvalue weighted by molar-refractivity contribution is 9.10. The van der Waals surface area contributed by atoms with Crippen molar-refractivity contribution < 1.29 is 4.74 Å². The summed E-state index contributed by atoms with van der Waals surface area (Å²) in [6.45, 7) is 0.973. The second-order valence-corrected chi connectivity index (χ2v) is 5.71. The van der Waals surface area contributed by atoms with Gasteiger partial charge in [-0.05, 0) is 39.2 Å². The maximum absolute atomic E-state index is 6.09. The topological polar surface area (TPSA) is 35.2 Å². The minimum Gasteiger partial charge on any atom is -0.486 e. The van der Waals surface area contributed by atoms with E-state index >= 15 is 0 Å². The van der Waals surface area contributed by atoms with Crippen LogP contribution in [-0.4, -0.2) is 0 Å². The molecule has 0 fully saturated rings. The summed E-state index contributed by atoms with van der Waals surface area (Å²) in [6.07, 6.45) is 0. The summed E-state index contributed by atoms with van der Waals surface area (Å²) in [5.41, 5.74) is 7.69. The highest BCUT2D eigenvalue weighted by Gasteiger charge is 2.09. The Labute approximate surface area is 130 Å². The molecule has 2 aromatic rings. The van der Waals surface area contributed by atoms with E-state index in [0.717, 1.165) is 15.6 Å². The van der Waals surface area contributed by atoms with Gasteiger partial charge in [-0.2, -0.15) is 0 Å². The van der Waals surface area contributed by atoms with E-state index in [9.17, 15) is 0 Å². The molecular formula is C14H12BrCl2NO. The minimum absolute atomic E-state index is 0.435. The smallest absolute Gasteiger partial charge is 0.152 e. The lowest BCUT2D eigenvalue weighted by Gasteiger charge is -2.11. The summed E-state index contributed by atoms with van der Waals surface area (Å²) in [7, 11) is 0. The SMILES string of the molecule is NCc1ccc(COc2c(Cl)cc(Cl)cc2Br)cc1. The molecule has 0 aliphatic rings. The van der Waals surface area contributed by atoms with E-state index in [4.69, 9.17) is 33.7 Å². The van der Waals surface area contributed by atoms with Gasteiger partial charge in [-0.25, -0.2) is 0 Å². The molecule has 0 atom stereocenters. The molecule has 0 aliphatic heterocycles. The molecule has 2 aromatic carbocycles.